The summed E-state index contributed by atoms with van der Waals surface area (Å²) < 4.78 is 40.1. The zero-order valence-electron chi connectivity index (χ0n) is 16.5. The lowest BCUT2D eigenvalue weighted by Gasteiger charge is -2.17. The van der Waals surface area contributed by atoms with Gasteiger partial charge in [-0.3, -0.25) is 14.4 Å². The molecule has 4 N–H and O–H groups in total. The number of carbonyl (C=O) groups is 3. The molecule has 1 unspecified atom stereocenters. The molecule has 0 heterocycles. The number of halogens is 3. The molecule has 0 spiro atoms. The minimum atomic E-state index is -4.79. The second kappa shape index (κ2) is 11.2. The van der Waals surface area contributed by atoms with Crippen molar-refractivity contribution < 1.29 is 37.2 Å². The van der Waals surface area contributed by atoms with Crippen LogP contribution in [0.5, 0.6) is 5.75 Å². The molecule has 1 rings (SSSR count). The maximum Gasteiger partial charge on any atom is 0.573 e. The summed E-state index contributed by atoms with van der Waals surface area (Å²) in [6, 6.07) is 4.03. The van der Waals surface area contributed by atoms with E-state index in [1.807, 2.05) is 6.92 Å². The Morgan fingerprint density at radius 3 is 2.24 bits per heavy atom. The Balaban J connectivity index is 2.42. The van der Waals surface area contributed by atoms with E-state index in [9.17, 15) is 27.6 Å². The van der Waals surface area contributed by atoms with E-state index in [4.69, 9.17) is 0 Å². The van der Waals surface area contributed by atoms with E-state index in [1.54, 1.807) is 14.0 Å². The van der Waals surface area contributed by atoms with Gasteiger partial charge in [-0.15, -0.1) is 13.2 Å². The van der Waals surface area contributed by atoms with Crippen LogP contribution >= 0.6 is 0 Å². The van der Waals surface area contributed by atoms with Gasteiger partial charge in [0.2, 0.25) is 5.91 Å². The lowest BCUT2D eigenvalue weighted by Crippen LogP contribution is -3.11. The van der Waals surface area contributed by atoms with Crippen molar-refractivity contribution in [2.24, 2.45) is 0 Å². The highest BCUT2D eigenvalue weighted by Gasteiger charge is 2.31. The molecule has 29 heavy (non-hydrogen) atoms. The van der Waals surface area contributed by atoms with E-state index < -0.39 is 24.1 Å². The lowest BCUT2D eigenvalue weighted by molar-refractivity contribution is -0.862. The molecule has 0 aliphatic heterocycles. The number of rotatable bonds is 10. The molecular weight excluding hydrogens is 393 g/mol. The number of hydrogen-bond acceptors (Lipinski definition) is 4. The van der Waals surface area contributed by atoms with Crippen molar-refractivity contribution in [3.8, 4) is 5.75 Å². The molecule has 0 radical (unpaired) electrons. The average molecular weight is 419 g/mol. The van der Waals surface area contributed by atoms with Crippen molar-refractivity contribution in [3.63, 3.8) is 0 Å². The SMILES string of the molecule is CCCNC(=O)[C@@H](C)NC(=O)C[NH+](C)CC(=O)Nc1ccc(OC(F)(F)F)cc1. The molecule has 0 saturated heterocycles. The van der Waals surface area contributed by atoms with E-state index in [1.165, 1.54) is 12.1 Å². The summed E-state index contributed by atoms with van der Waals surface area (Å²) in [6.45, 7) is 3.92. The number of nitrogens with one attached hydrogen (secondary N) is 4. The van der Waals surface area contributed by atoms with Gasteiger partial charge in [-0.25, -0.2) is 0 Å². The predicted octanol–water partition coefficient (Wildman–Crippen LogP) is 0.0693. The lowest BCUT2D eigenvalue weighted by atomic mass is 10.3. The summed E-state index contributed by atoms with van der Waals surface area (Å²) in [6.07, 6.45) is -4.00. The van der Waals surface area contributed by atoms with Gasteiger partial charge in [-0.2, -0.15) is 0 Å². The van der Waals surface area contributed by atoms with Crippen LogP contribution < -0.4 is 25.6 Å². The number of benzene rings is 1. The van der Waals surface area contributed by atoms with Gasteiger partial charge in [0.15, 0.2) is 13.1 Å². The maximum atomic E-state index is 12.1. The Kier molecular flexibility index (Phi) is 9.39. The van der Waals surface area contributed by atoms with Gasteiger partial charge in [0.05, 0.1) is 7.05 Å². The van der Waals surface area contributed by atoms with Crippen LogP contribution in [-0.4, -0.2) is 56.8 Å². The van der Waals surface area contributed by atoms with Gasteiger partial charge in [-0.05, 0) is 37.6 Å². The first-order valence-electron chi connectivity index (χ1n) is 9.04. The molecule has 8 nitrogen and oxygen atoms in total. The van der Waals surface area contributed by atoms with Gasteiger partial charge < -0.3 is 25.6 Å². The number of ether oxygens (including phenoxy) is 1. The highest BCUT2D eigenvalue weighted by atomic mass is 19.4. The average Bonchev–Trinajstić information content (AvgIpc) is 2.59. The van der Waals surface area contributed by atoms with Crippen LogP contribution in [0.2, 0.25) is 0 Å². The number of carbonyl (C=O) groups excluding carboxylic acids is 3. The first kappa shape index (κ1) is 24.2. The summed E-state index contributed by atoms with van der Waals surface area (Å²) >= 11 is 0. The van der Waals surface area contributed by atoms with Gasteiger partial charge in [0, 0.05) is 12.2 Å². The molecule has 11 heteroatoms. The summed E-state index contributed by atoms with van der Waals surface area (Å²) in [5.41, 5.74) is 0.294. The summed E-state index contributed by atoms with van der Waals surface area (Å²) in [4.78, 5) is 36.3. The molecule has 0 fully saturated rings. The third-order valence-corrected chi connectivity index (χ3v) is 3.62. The Morgan fingerprint density at radius 1 is 1.10 bits per heavy atom. The van der Waals surface area contributed by atoms with Crippen molar-refractivity contribution in [3.05, 3.63) is 24.3 Å². The van der Waals surface area contributed by atoms with Crippen molar-refractivity contribution in [1.29, 1.82) is 0 Å². The number of amides is 3. The molecule has 162 valence electrons. The quantitative estimate of drug-likeness (QED) is 0.431. The number of alkyl halides is 3. The van der Waals surface area contributed by atoms with Crippen LogP contribution in [0, 0.1) is 0 Å². The largest absolute Gasteiger partial charge is 0.573 e. The monoisotopic (exact) mass is 419 g/mol. The van der Waals surface area contributed by atoms with Crippen LogP contribution in [0.4, 0.5) is 18.9 Å². The Hall–Kier alpha value is -2.82. The highest BCUT2D eigenvalue weighted by Crippen LogP contribution is 2.23. The van der Waals surface area contributed by atoms with E-state index in [0.29, 0.717) is 17.1 Å². The van der Waals surface area contributed by atoms with Crippen molar-refractivity contribution in [2.45, 2.75) is 32.7 Å². The fourth-order valence-corrected chi connectivity index (χ4v) is 2.32. The predicted molar refractivity (Wildman–Crippen MR) is 99.3 cm³/mol. The molecule has 1 aromatic rings. The third kappa shape index (κ3) is 10.3. The van der Waals surface area contributed by atoms with Crippen LogP contribution in [0.3, 0.4) is 0 Å². The Morgan fingerprint density at radius 2 is 1.69 bits per heavy atom. The van der Waals surface area contributed by atoms with Gasteiger partial charge in [0.25, 0.3) is 11.8 Å². The molecular formula is C18H26F3N4O4+. The molecule has 0 bridgehead atoms. The molecule has 0 aliphatic carbocycles. The summed E-state index contributed by atoms with van der Waals surface area (Å²) in [7, 11) is 1.63. The Bertz CT molecular complexity index is 695. The van der Waals surface area contributed by atoms with Crippen LogP contribution in [0.15, 0.2) is 24.3 Å². The minimum absolute atomic E-state index is 0.0306. The standard InChI is InChI=1S/C18H25F3N4O4/c1-4-9-22-17(28)12(2)23-15(26)10-25(3)11-16(27)24-13-5-7-14(8-6-13)29-18(19,20)21/h5-8,12H,4,9-11H2,1-3H3,(H,22,28)(H,23,26)(H,24,27)/p+1/t12-/m1/s1. The number of hydrogen-bond donors (Lipinski definition) is 4. The Labute approximate surface area is 166 Å². The highest BCUT2D eigenvalue weighted by molar-refractivity contribution is 5.91. The van der Waals surface area contributed by atoms with E-state index in [2.05, 4.69) is 20.7 Å². The second-order valence-corrected chi connectivity index (χ2v) is 6.51. The summed E-state index contributed by atoms with van der Waals surface area (Å²) in [5.74, 6) is -1.49. The zero-order valence-corrected chi connectivity index (χ0v) is 16.5. The maximum absolute atomic E-state index is 12.1. The summed E-state index contributed by atoms with van der Waals surface area (Å²) in [5, 5.41) is 7.75. The van der Waals surface area contributed by atoms with Gasteiger partial charge >= 0.3 is 6.36 Å². The van der Waals surface area contributed by atoms with E-state index in [0.717, 1.165) is 18.6 Å². The first-order chi connectivity index (χ1) is 13.5. The van der Waals surface area contributed by atoms with Crippen molar-refractivity contribution in [2.75, 3.05) is 32.0 Å². The van der Waals surface area contributed by atoms with Crippen LogP contribution in [-0.2, 0) is 14.4 Å². The van der Waals surface area contributed by atoms with E-state index >= 15 is 0 Å². The fourth-order valence-electron chi connectivity index (χ4n) is 2.32. The van der Waals surface area contributed by atoms with Gasteiger partial charge in [-0.1, -0.05) is 6.92 Å². The number of quaternary nitrogens is 1. The van der Waals surface area contributed by atoms with Crippen LogP contribution in [0.1, 0.15) is 20.3 Å². The van der Waals surface area contributed by atoms with Crippen molar-refractivity contribution >= 4 is 23.4 Å². The van der Waals surface area contributed by atoms with Crippen molar-refractivity contribution in [1.82, 2.24) is 10.6 Å². The smallest absolute Gasteiger partial charge is 0.406 e. The molecule has 1 aromatic carbocycles. The number of anilines is 1. The van der Waals surface area contributed by atoms with Gasteiger partial charge in [0.1, 0.15) is 11.8 Å². The number of likely N-dealkylation sites (N-methyl/N-ethyl adjacent to an activating group) is 1. The molecule has 0 saturated carbocycles. The van der Waals surface area contributed by atoms with E-state index in [-0.39, 0.29) is 24.9 Å². The molecule has 2 atom stereocenters. The molecule has 0 aliphatic rings. The second-order valence-electron chi connectivity index (χ2n) is 6.51. The van der Waals surface area contributed by atoms with Crippen LogP contribution in [0.25, 0.3) is 0 Å². The molecule has 0 aromatic heterocycles. The minimum Gasteiger partial charge on any atom is -0.406 e. The third-order valence-electron chi connectivity index (χ3n) is 3.62. The fraction of sp³-hybridized carbons (Fsp3) is 0.500. The normalized spacial score (nSPS) is 13.2. The molecule has 3 amide bonds. The topological polar surface area (TPSA) is 101 Å². The zero-order chi connectivity index (χ0) is 22.0. The first-order valence-corrected chi connectivity index (χ1v) is 9.04.